The molecule has 348 valence electrons. The summed E-state index contributed by atoms with van der Waals surface area (Å²) in [5.41, 5.74) is 6.87. The van der Waals surface area contributed by atoms with Gasteiger partial charge in [0.15, 0.2) is 0 Å². The minimum Gasteiger partial charge on any atom is -0.481 e. The number of hydrogen-bond donors (Lipinski definition) is 3. The van der Waals surface area contributed by atoms with Crippen molar-refractivity contribution in [1.82, 2.24) is 24.8 Å². The highest BCUT2D eigenvalue weighted by molar-refractivity contribution is 5.83. The van der Waals surface area contributed by atoms with Crippen molar-refractivity contribution in [3.05, 3.63) is 182 Å². The normalized spacial score (nSPS) is 13.5. The van der Waals surface area contributed by atoms with Gasteiger partial charge in [-0.3, -0.25) is 33.8 Å². The molecular formula is C54H59N5O8. The summed E-state index contributed by atoms with van der Waals surface area (Å²) in [6, 6.07) is 30.3. The van der Waals surface area contributed by atoms with Crippen LogP contribution in [0.25, 0.3) is 22.4 Å². The van der Waals surface area contributed by atoms with Crippen LogP contribution in [-0.4, -0.2) is 49.6 Å². The molecule has 6 aromatic rings. The number of pyridine rings is 3. The van der Waals surface area contributed by atoms with E-state index in [4.69, 9.17) is 4.74 Å². The van der Waals surface area contributed by atoms with Crippen molar-refractivity contribution in [1.29, 1.82) is 0 Å². The van der Waals surface area contributed by atoms with E-state index in [0.717, 1.165) is 33.4 Å². The fraction of sp³-hybridized carbons (Fsp3) is 0.315. The second kappa shape index (κ2) is 22.7. The summed E-state index contributed by atoms with van der Waals surface area (Å²) in [6.07, 6.45) is 4.45. The van der Waals surface area contributed by atoms with Crippen LogP contribution < -0.4 is 21.8 Å². The third-order valence-corrected chi connectivity index (χ3v) is 11.9. The lowest BCUT2D eigenvalue weighted by Gasteiger charge is -2.27. The first-order valence-corrected chi connectivity index (χ1v) is 22.6. The lowest BCUT2D eigenvalue weighted by Crippen LogP contribution is -2.40. The van der Waals surface area contributed by atoms with Gasteiger partial charge in [-0.25, -0.2) is 0 Å². The monoisotopic (exact) mass is 905 g/mol. The van der Waals surface area contributed by atoms with Crippen molar-refractivity contribution >= 4 is 23.8 Å². The standard InChI is InChI=1S/C54H59N5O8/c1-34(2)27-47(58-25-13-11-19-49(58)60)53(65)57-45(40-23-24-55-46(30-40)42-18-10-8-16-37(42)5)32-52(64)67-33-35(3)28-48(59-26-14-12-20-50(59)61)54(66)56-44(31-51(62)63)39-22-21-38(6)43(29-39)41-17-9-7-15-36(41)4/h7-26,29-30,34-35,44-45,47-48H,27-28,31-33H2,1-6H3,(H,56,66)(H,57,65)(H,62,63)/t35?,44-,45-,47?,48-/m0/s1. The zero-order chi connectivity index (χ0) is 48.2. The molecule has 0 aliphatic rings. The molecule has 0 saturated heterocycles. The molecular weight excluding hydrogens is 847 g/mol. The lowest BCUT2D eigenvalue weighted by atomic mass is 9.92. The van der Waals surface area contributed by atoms with E-state index in [2.05, 4.69) is 15.6 Å². The van der Waals surface area contributed by atoms with Gasteiger partial charge >= 0.3 is 11.9 Å². The zero-order valence-electron chi connectivity index (χ0n) is 38.8. The van der Waals surface area contributed by atoms with Crippen molar-refractivity contribution in [3.8, 4) is 22.4 Å². The van der Waals surface area contributed by atoms with E-state index in [1.54, 1.807) is 55.7 Å². The molecule has 0 bridgehead atoms. The van der Waals surface area contributed by atoms with Gasteiger partial charge in [-0.05, 0) is 115 Å². The molecule has 13 heteroatoms. The average Bonchev–Trinajstić information content (AvgIpc) is 3.30. The number of hydrogen-bond acceptors (Lipinski definition) is 8. The first kappa shape index (κ1) is 49.0. The Bertz CT molecular complexity index is 2830. The maximum atomic E-state index is 14.4. The van der Waals surface area contributed by atoms with Gasteiger partial charge in [0, 0.05) is 36.3 Å². The van der Waals surface area contributed by atoms with E-state index in [-0.39, 0.29) is 30.9 Å². The first-order valence-electron chi connectivity index (χ1n) is 22.6. The highest BCUT2D eigenvalue weighted by atomic mass is 16.5. The predicted octanol–water partition coefficient (Wildman–Crippen LogP) is 8.64. The van der Waals surface area contributed by atoms with Gasteiger partial charge < -0.3 is 29.6 Å². The second-order valence-corrected chi connectivity index (χ2v) is 17.7. The number of rotatable bonds is 20. The van der Waals surface area contributed by atoms with E-state index in [1.165, 1.54) is 27.5 Å². The molecule has 0 aliphatic carbocycles. The smallest absolute Gasteiger partial charge is 0.308 e. The molecule has 13 nitrogen and oxygen atoms in total. The Kier molecular flexibility index (Phi) is 16.6. The number of carbonyl (C=O) groups excluding carboxylic acids is 3. The molecule has 6 rings (SSSR count). The Morgan fingerprint density at radius 2 is 1.13 bits per heavy atom. The summed E-state index contributed by atoms with van der Waals surface area (Å²) in [5.74, 6) is -3.18. The van der Waals surface area contributed by atoms with E-state index in [0.29, 0.717) is 23.2 Å². The molecule has 0 aliphatic heterocycles. The largest absolute Gasteiger partial charge is 0.481 e. The summed E-state index contributed by atoms with van der Waals surface area (Å²) >= 11 is 0. The molecule has 0 saturated carbocycles. The summed E-state index contributed by atoms with van der Waals surface area (Å²) in [6.45, 7) is 11.5. The molecule has 3 N–H and O–H groups in total. The Morgan fingerprint density at radius 3 is 1.70 bits per heavy atom. The SMILES string of the molecule is Cc1ccccc1-c1cc([C@H](CC(=O)OCC(C)C[C@@H](C(=O)N[C@@H](CC(=O)O)c2ccc(C)c(-c3ccccc3C)c2)n2ccccc2=O)NC(=O)C(CC(C)C)n2ccccc2=O)ccn1. The molecule has 2 amide bonds. The molecule has 0 radical (unpaired) electrons. The third kappa shape index (κ3) is 12.9. The minimum atomic E-state index is -1.12. The molecule has 67 heavy (non-hydrogen) atoms. The summed E-state index contributed by atoms with van der Waals surface area (Å²) < 4.78 is 8.56. The van der Waals surface area contributed by atoms with Crippen LogP contribution in [0.1, 0.15) is 98.4 Å². The zero-order valence-corrected chi connectivity index (χ0v) is 38.8. The molecule has 5 atom stereocenters. The number of carbonyl (C=O) groups is 4. The number of nitrogens with zero attached hydrogens (tertiary/aromatic N) is 3. The second-order valence-electron chi connectivity index (χ2n) is 17.7. The van der Waals surface area contributed by atoms with Crippen molar-refractivity contribution in [2.45, 2.75) is 91.4 Å². The van der Waals surface area contributed by atoms with Crippen LogP contribution in [0.15, 0.2) is 143 Å². The Morgan fingerprint density at radius 1 is 0.612 bits per heavy atom. The highest BCUT2D eigenvalue weighted by Crippen LogP contribution is 2.32. The molecule has 2 unspecified atom stereocenters. The fourth-order valence-corrected chi connectivity index (χ4v) is 8.35. The van der Waals surface area contributed by atoms with Crippen molar-refractivity contribution in [2.75, 3.05) is 6.61 Å². The molecule has 3 heterocycles. The van der Waals surface area contributed by atoms with Gasteiger partial charge in [0.2, 0.25) is 11.8 Å². The molecule has 3 aromatic heterocycles. The number of ether oxygens (including phenoxy) is 1. The van der Waals surface area contributed by atoms with Gasteiger partial charge in [-0.1, -0.05) is 93.6 Å². The van der Waals surface area contributed by atoms with Crippen LogP contribution in [0.4, 0.5) is 0 Å². The maximum Gasteiger partial charge on any atom is 0.308 e. The minimum absolute atomic E-state index is 0.0538. The van der Waals surface area contributed by atoms with Crippen molar-refractivity contribution in [3.63, 3.8) is 0 Å². The van der Waals surface area contributed by atoms with E-state index >= 15 is 0 Å². The quantitative estimate of drug-likeness (QED) is 0.0633. The van der Waals surface area contributed by atoms with Gasteiger partial charge in [0.05, 0.1) is 37.2 Å². The lowest BCUT2D eigenvalue weighted by molar-refractivity contribution is -0.146. The fourth-order valence-electron chi connectivity index (χ4n) is 8.35. The first-order chi connectivity index (χ1) is 32.1. The van der Waals surface area contributed by atoms with E-state index in [1.807, 2.05) is 101 Å². The number of aliphatic carboxylic acids is 1. The van der Waals surface area contributed by atoms with Crippen LogP contribution in [-0.2, 0) is 23.9 Å². The summed E-state index contributed by atoms with van der Waals surface area (Å²) in [7, 11) is 0. The Hall–Kier alpha value is -7.41. The van der Waals surface area contributed by atoms with Gasteiger partial charge in [0.1, 0.15) is 12.1 Å². The van der Waals surface area contributed by atoms with Crippen LogP contribution in [0.3, 0.4) is 0 Å². The van der Waals surface area contributed by atoms with Gasteiger partial charge in [-0.2, -0.15) is 0 Å². The number of amides is 2. The molecule has 0 spiro atoms. The number of benzene rings is 3. The topological polar surface area (TPSA) is 179 Å². The third-order valence-electron chi connectivity index (χ3n) is 11.9. The van der Waals surface area contributed by atoms with Crippen LogP contribution in [0.5, 0.6) is 0 Å². The van der Waals surface area contributed by atoms with E-state index in [9.17, 15) is 33.9 Å². The average molecular weight is 906 g/mol. The van der Waals surface area contributed by atoms with Crippen LogP contribution in [0.2, 0.25) is 0 Å². The summed E-state index contributed by atoms with van der Waals surface area (Å²) in [4.78, 5) is 85.5. The van der Waals surface area contributed by atoms with E-state index < -0.39 is 65.8 Å². The number of esters is 1. The number of carboxylic acid groups (broad SMARTS) is 1. The van der Waals surface area contributed by atoms with Gasteiger partial charge in [0.25, 0.3) is 11.1 Å². The highest BCUT2D eigenvalue weighted by Gasteiger charge is 2.30. The van der Waals surface area contributed by atoms with Crippen molar-refractivity contribution in [2.24, 2.45) is 11.8 Å². The number of carboxylic acids is 1. The number of nitrogens with one attached hydrogen (secondary N) is 2. The summed E-state index contributed by atoms with van der Waals surface area (Å²) in [5, 5.41) is 16.0. The predicted molar refractivity (Wildman–Crippen MR) is 258 cm³/mol. The molecule has 0 fully saturated rings. The Labute approximate surface area is 390 Å². The van der Waals surface area contributed by atoms with Crippen LogP contribution >= 0.6 is 0 Å². The van der Waals surface area contributed by atoms with Crippen LogP contribution in [0, 0.1) is 32.6 Å². The van der Waals surface area contributed by atoms with Crippen molar-refractivity contribution < 1.29 is 29.0 Å². The molecule has 3 aromatic carbocycles. The maximum absolute atomic E-state index is 14.4. The number of aromatic nitrogens is 3. The Balaban J connectivity index is 1.23. The van der Waals surface area contributed by atoms with Gasteiger partial charge in [-0.15, -0.1) is 0 Å². The number of aryl methyl sites for hydroxylation is 3.